The first-order valence-corrected chi connectivity index (χ1v) is 8.90. The van der Waals surface area contributed by atoms with E-state index in [-0.39, 0.29) is 5.82 Å². The van der Waals surface area contributed by atoms with Gasteiger partial charge in [0, 0.05) is 37.3 Å². The van der Waals surface area contributed by atoms with E-state index in [1.807, 2.05) is 6.20 Å². The average Bonchev–Trinajstić information content (AvgIpc) is 3.29. The van der Waals surface area contributed by atoms with Gasteiger partial charge in [0.15, 0.2) is 0 Å². The fourth-order valence-corrected chi connectivity index (χ4v) is 4.02. The molecule has 0 atom stereocenters. The number of halogens is 1. The predicted molar refractivity (Wildman–Crippen MR) is 91.9 cm³/mol. The number of hydrogen-bond donors (Lipinski definition) is 1. The standard InChI is InChI=1S/C17H18FN5S/c18-14-3-1-12(2-4-14)11-16-21-22-17(24-16)23-9-6-13(7-10-23)15-5-8-19-20-15/h1-5,8,13H,6-7,9-11H2,(H,19,20). The molecule has 1 aliphatic rings. The molecule has 2 aromatic heterocycles. The summed E-state index contributed by atoms with van der Waals surface area (Å²) in [4.78, 5) is 2.30. The van der Waals surface area contributed by atoms with E-state index >= 15 is 0 Å². The summed E-state index contributed by atoms with van der Waals surface area (Å²) in [5.74, 6) is 0.340. The quantitative estimate of drug-likeness (QED) is 0.789. The molecule has 1 aliphatic heterocycles. The molecule has 1 fully saturated rings. The summed E-state index contributed by atoms with van der Waals surface area (Å²) in [5.41, 5.74) is 2.28. The molecule has 24 heavy (non-hydrogen) atoms. The fourth-order valence-electron chi connectivity index (χ4n) is 3.10. The third-order valence-electron chi connectivity index (χ3n) is 4.45. The van der Waals surface area contributed by atoms with Crippen molar-refractivity contribution in [3.05, 3.63) is 58.6 Å². The number of piperidine rings is 1. The summed E-state index contributed by atoms with van der Waals surface area (Å²) in [6.07, 6.45) is 4.70. The monoisotopic (exact) mass is 343 g/mol. The molecule has 3 aromatic rings. The molecule has 3 heterocycles. The molecule has 5 nitrogen and oxygen atoms in total. The van der Waals surface area contributed by atoms with Gasteiger partial charge in [-0.05, 0) is 36.6 Å². The molecule has 0 radical (unpaired) electrons. The normalized spacial score (nSPS) is 15.8. The minimum absolute atomic E-state index is 0.211. The van der Waals surface area contributed by atoms with Crippen molar-refractivity contribution in [1.29, 1.82) is 0 Å². The Bertz CT molecular complexity index is 776. The zero-order valence-electron chi connectivity index (χ0n) is 13.2. The van der Waals surface area contributed by atoms with Gasteiger partial charge in [-0.3, -0.25) is 5.10 Å². The Morgan fingerprint density at radius 1 is 1.12 bits per heavy atom. The smallest absolute Gasteiger partial charge is 0.208 e. The van der Waals surface area contributed by atoms with E-state index in [1.54, 1.807) is 23.5 Å². The molecule has 0 bridgehead atoms. The molecule has 1 N–H and O–H groups in total. The average molecular weight is 343 g/mol. The van der Waals surface area contributed by atoms with Gasteiger partial charge in [0.2, 0.25) is 5.13 Å². The molecule has 124 valence electrons. The first kappa shape index (κ1) is 15.3. The molecule has 0 aliphatic carbocycles. The minimum Gasteiger partial charge on any atom is -0.347 e. The van der Waals surface area contributed by atoms with Crippen molar-refractivity contribution >= 4 is 16.5 Å². The highest BCUT2D eigenvalue weighted by Crippen LogP contribution is 2.31. The van der Waals surface area contributed by atoms with Crippen LogP contribution in [0.5, 0.6) is 0 Å². The van der Waals surface area contributed by atoms with Crippen molar-refractivity contribution < 1.29 is 4.39 Å². The number of hydrogen-bond acceptors (Lipinski definition) is 5. The highest BCUT2D eigenvalue weighted by molar-refractivity contribution is 7.15. The van der Waals surface area contributed by atoms with E-state index < -0.39 is 0 Å². The lowest BCUT2D eigenvalue weighted by Crippen LogP contribution is -2.32. The van der Waals surface area contributed by atoms with Gasteiger partial charge in [-0.15, -0.1) is 10.2 Å². The van der Waals surface area contributed by atoms with Crippen molar-refractivity contribution in [2.24, 2.45) is 0 Å². The second-order valence-electron chi connectivity index (χ2n) is 6.05. The van der Waals surface area contributed by atoms with Gasteiger partial charge in [0.25, 0.3) is 0 Å². The third-order valence-corrected chi connectivity index (χ3v) is 5.44. The summed E-state index contributed by atoms with van der Waals surface area (Å²) in [6.45, 7) is 1.96. The molecule has 1 aromatic carbocycles. The third kappa shape index (κ3) is 3.31. The first-order valence-electron chi connectivity index (χ1n) is 8.09. The molecular formula is C17H18FN5S. The van der Waals surface area contributed by atoms with Gasteiger partial charge in [0.05, 0.1) is 0 Å². The molecule has 7 heteroatoms. The maximum absolute atomic E-state index is 13.0. The zero-order chi connectivity index (χ0) is 16.4. The Morgan fingerprint density at radius 2 is 1.92 bits per heavy atom. The molecule has 0 unspecified atom stereocenters. The van der Waals surface area contributed by atoms with E-state index in [0.717, 1.165) is 41.6 Å². The second-order valence-corrected chi connectivity index (χ2v) is 7.10. The van der Waals surface area contributed by atoms with Crippen molar-refractivity contribution in [2.75, 3.05) is 18.0 Å². The van der Waals surface area contributed by atoms with Crippen LogP contribution < -0.4 is 4.90 Å². The van der Waals surface area contributed by atoms with Gasteiger partial charge >= 0.3 is 0 Å². The van der Waals surface area contributed by atoms with Crippen LogP contribution in [-0.4, -0.2) is 33.5 Å². The Hall–Kier alpha value is -2.28. The molecule has 1 saturated heterocycles. The number of nitrogens with one attached hydrogen (secondary N) is 1. The summed E-state index contributed by atoms with van der Waals surface area (Å²) >= 11 is 1.63. The van der Waals surface area contributed by atoms with Crippen LogP contribution in [0.3, 0.4) is 0 Å². The fraction of sp³-hybridized carbons (Fsp3) is 0.353. The molecule has 0 amide bonds. The number of H-pyrrole nitrogens is 1. The van der Waals surface area contributed by atoms with Crippen LogP contribution in [-0.2, 0) is 6.42 Å². The van der Waals surface area contributed by atoms with Gasteiger partial charge < -0.3 is 4.90 Å². The first-order chi connectivity index (χ1) is 11.8. The number of aromatic nitrogens is 4. The Kier molecular flexibility index (Phi) is 4.25. The van der Waals surface area contributed by atoms with E-state index in [4.69, 9.17) is 0 Å². The number of nitrogens with zero attached hydrogens (tertiary/aromatic N) is 4. The van der Waals surface area contributed by atoms with E-state index in [1.165, 1.54) is 17.8 Å². The number of rotatable bonds is 4. The van der Waals surface area contributed by atoms with Crippen LogP contribution >= 0.6 is 11.3 Å². The maximum atomic E-state index is 13.0. The number of anilines is 1. The Balaban J connectivity index is 1.38. The lowest BCUT2D eigenvalue weighted by molar-refractivity contribution is 0.494. The summed E-state index contributed by atoms with van der Waals surface area (Å²) in [6, 6.07) is 8.62. The SMILES string of the molecule is Fc1ccc(Cc2nnc(N3CCC(c4ccn[nH]4)CC3)s2)cc1. The molecule has 4 rings (SSSR count). The Labute approximate surface area is 143 Å². The highest BCUT2D eigenvalue weighted by Gasteiger charge is 2.23. The predicted octanol–water partition coefficient (Wildman–Crippen LogP) is 3.38. The summed E-state index contributed by atoms with van der Waals surface area (Å²) in [7, 11) is 0. The van der Waals surface area contributed by atoms with Crippen LogP contribution in [0.25, 0.3) is 0 Å². The number of aromatic amines is 1. The van der Waals surface area contributed by atoms with Gasteiger partial charge in [-0.25, -0.2) is 4.39 Å². The van der Waals surface area contributed by atoms with Crippen molar-refractivity contribution in [1.82, 2.24) is 20.4 Å². The molecule has 0 spiro atoms. The maximum Gasteiger partial charge on any atom is 0.208 e. The summed E-state index contributed by atoms with van der Waals surface area (Å²) in [5, 5.41) is 17.7. The second kappa shape index (κ2) is 6.68. The van der Waals surface area contributed by atoms with E-state index in [0.29, 0.717) is 12.3 Å². The summed E-state index contributed by atoms with van der Waals surface area (Å²) < 4.78 is 13.0. The van der Waals surface area contributed by atoms with Crippen LogP contribution in [0, 0.1) is 5.82 Å². The van der Waals surface area contributed by atoms with E-state index in [2.05, 4.69) is 31.4 Å². The molecule has 0 saturated carbocycles. The van der Waals surface area contributed by atoms with Gasteiger partial charge in [-0.1, -0.05) is 23.5 Å². The van der Waals surface area contributed by atoms with Gasteiger partial charge in [0.1, 0.15) is 10.8 Å². The Morgan fingerprint density at radius 3 is 2.62 bits per heavy atom. The van der Waals surface area contributed by atoms with Crippen molar-refractivity contribution in [2.45, 2.75) is 25.2 Å². The topological polar surface area (TPSA) is 57.7 Å². The van der Waals surface area contributed by atoms with Crippen LogP contribution in [0.2, 0.25) is 0 Å². The molecular weight excluding hydrogens is 325 g/mol. The number of benzene rings is 1. The van der Waals surface area contributed by atoms with Crippen LogP contribution in [0.15, 0.2) is 36.5 Å². The van der Waals surface area contributed by atoms with Crippen LogP contribution in [0.1, 0.15) is 35.0 Å². The van der Waals surface area contributed by atoms with E-state index in [9.17, 15) is 4.39 Å². The largest absolute Gasteiger partial charge is 0.347 e. The highest BCUT2D eigenvalue weighted by atomic mass is 32.1. The lowest BCUT2D eigenvalue weighted by Gasteiger charge is -2.30. The van der Waals surface area contributed by atoms with Crippen molar-refractivity contribution in [3.63, 3.8) is 0 Å². The van der Waals surface area contributed by atoms with Crippen molar-refractivity contribution in [3.8, 4) is 0 Å². The lowest BCUT2D eigenvalue weighted by atomic mass is 9.94. The minimum atomic E-state index is -0.211. The van der Waals surface area contributed by atoms with Crippen LogP contribution in [0.4, 0.5) is 9.52 Å². The van der Waals surface area contributed by atoms with Gasteiger partial charge in [-0.2, -0.15) is 5.10 Å². The zero-order valence-corrected chi connectivity index (χ0v) is 14.0.